The molecule has 4 nitrogen and oxygen atoms in total. The Balaban J connectivity index is 2.69. The highest BCUT2D eigenvalue weighted by Crippen LogP contribution is 2.16. The summed E-state index contributed by atoms with van der Waals surface area (Å²) in [7, 11) is 0. The van der Waals surface area contributed by atoms with E-state index in [0.29, 0.717) is 11.3 Å². The highest BCUT2D eigenvalue weighted by Gasteiger charge is 2.03. The molecule has 0 amide bonds. The number of thiazole rings is 1. The first kappa shape index (κ1) is 10.8. The van der Waals surface area contributed by atoms with E-state index >= 15 is 0 Å². The lowest BCUT2D eigenvalue weighted by molar-refractivity contribution is 0.807. The molecule has 16 heavy (non-hydrogen) atoms. The molecule has 2 aromatic rings. The average molecular weight is 233 g/mol. The first-order valence-corrected chi connectivity index (χ1v) is 5.74. The summed E-state index contributed by atoms with van der Waals surface area (Å²) in [6, 6.07) is 7.96. The third kappa shape index (κ3) is 1.94. The quantitative estimate of drug-likeness (QED) is 0.457. The Labute approximate surface area is 96.5 Å². The van der Waals surface area contributed by atoms with Crippen LogP contribution in [0.15, 0.2) is 46.8 Å². The highest BCUT2D eigenvalue weighted by molar-refractivity contribution is 7.16. The number of hydrogen-bond donors (Lipinski definition) is 0. The molecule has 0 saturated heterocycles. The zero-order chi connectivity index (χ0) is 11.4. The lowest BCUT2D eigenvalue weighted by atomic mass is 10.3. The largest absolute Gasteiger partial charge is 0.311 e. The van der Waals surface area contributed by atoms with Gasteiger partial charge in [0, 0.05) is 6.54 Å². The third-order valence-corrected chi connectivity index (χ3v) is 3.29. The fourth-order valence-electron chi connectivity index (χ4n) is 1.52. The van der Waals surface area contributed by atoms with Crippen LogP contribution in [0.2, 0.25) is 0 Å². The first-order chi connectivity index (χ1) is 7.86. The molecule has 0 aliphatic heterocycles. The molecule has 0 saturated carbocycles. The fraction of sp³-hybridized carbons (Fsp3) is 0.182. The summed E-state index contributed by atoms with van der Waals surface area (Å²) in [5, 5.41) is 6.22. The standard InChI is InChI=1S/C11H11N3OS/c1-2-3-8-14-9-6-4-5-7-10(9)16-11(14)12-13-15/h2-7H,8H2,1H3/b3-2+,12-11-. The summed E-state index contributed by atoms with van der Waals surface area (Å²) in [4.78, 5) is 10.9. The van der Waals surface area contributed by atoms with E-state index in [2.05, 4.69) is 10.4 Å². The molecule has 0 unspecified atom stereocenters. The molecular weight excluding hydrogens is 222 g/mol. The van der Waals surface area contributed by atoms with Gasteiger partial charge >= 0.3 is 0 Å². The van der Waals surface area contributed by atoms with Crippen molar-refractivity contribution in [2.45, 2.75) is 13.5 Å². The minimum Gasteiger partial charge on any atom is -0.311 e. The third-order valence-electron chi connectivity index (χ3n) is 2.24. The van der Waals surface area contributed by atoms with E-state index < -0.39 is 0 Å². The van der Waals surface area contributed by atoms with Gasteiger partial charge in [-0.05, 0) is 19.1 Å². The topological polar surface area (TPSA) is 46.7 Å². The molecule has 0 aliphatic carbocycles. The van der Waals surface area contributed by atoms with E-state index in [-0.39, 0.29) is 0 Å². The molecule has 0 fully saturated rings. The van der Waals surface area contributed by atoms with E-state index in [1.54, 1.807) is 0 Å². The van der Waals surface area contributed by atoms with Crippen LogP contribution in [0.4, 0.5) is 0 Å². The second-order valence-electron chi connectivity index (χ2n) is 3.21. The van der Waals surface area contributed by atoms with Crippen molar-refractivity contribution in [3.8, 4) is 0 Å². The van der Waals surface area contributed by atoms with Gasteiger partial charge in [0.1, 0.15) is 0 Å². The van der Waals surface area contributed by atoms with Crippen molar-refractivity contribution in [1.82, 2.24) is 4.57 Å². The van der Waals surface area contributed by atoms with Crippen molar-refractivity contribution in [2.75, 3.05) is 0 Å². The van der Waals surface area contributed by atoms with Gasteiger partial charge in [-0.2, -0.15) is 0 Å². The average Bonchev–Trinajstić information content (AvgIpc) is 2.65. The minimum absolute atomic E-state index is 0.634. The molecule has 1 aromatic heterocycles. The summed E-state index contributed by atoms with van der Waals surface area (Å²) in [5.41, 5.74) is 1.08. The van der Waals surface area contributed by atoms with E-state index in [9.17, 15) is 4.91 Å². The van der Waals surface area contributed by atoms with Gasteiger partial charge in [-0.15, -0.1) is 4.91 Å². The Morgan fingerprint density at radius 2 is 2.25 bits per heavy atom. The highest BCUT2D eigenvalue weighted by atomic mass is 32.1. The van der Waals surface area contributed by atoms with Crippen molar-refractivity contribution in [3.05, 3.63) is 46.1 Å². The van der Waals surface area contributed by atoms with Crippen LogP contribution in [0.3, 0.4) is 0 Å². The first-order valence-electron chi connectivity index (χ1n) is 4.92. The van der Waals surface area contributed by atoms with Gasteiger partial charge in [0.15, 0.2) is 0 Å². The summed E-state index contributed by atoms with van der Waals surface area (Å²) >= 11 is 1.47. The maximum absolute atomic E-state index is 10.2. The molecule has 82 valence electrons. The predicted octanol–water partition coefficient (Wildman–Crippen LogP) is 2.86. The predicted molar refractivity (Wildman–Crippen MR) is 66.0 cm³/mol. The molecule has 0 bridgehead atoms. The number of allylic oxidation sites excluding steroid dienone is 2. The maximum atomic E-state index is 10.2. The van der Waals surface area contributed by atoms with Crippen molar-refractivity contribution in [1.29, 1.82) is 0 Å². The van der Waals surface area contributed by atoms with Crippen molar-refractivity contribution >= 4 is 21.6 Å². The summed E-state index contributed by atoms with van der Waals surface area (Å²) in [5.74, 6) is 0. The fourth-order valence-corrected chi connectivity index (χ4v) is 2.50. The zero-order valence-corrected chi connectivity index (χ0v) is 9.65. The number of nitroso groups, excluding NO2 is 1. The summed E-state index contributed by atoms with van der Waals surface area (Å²) < 4.78 is 3.08. The molecule has 2 rings (SSSR count). The Morgan fingerprint density at radius 3 is 3.00 bits per heavy atom. The van der Waals surface area contributed by atoms with E-state index in [0.717, 1.165) is 10.2 Å². The van der Waals surface area contributed by atoms with Crippen LogP contribution in [0, 0.1) is 4.91 Å². The van der Waals surface area contributed by atoms with Crippen LogP contribution in [0.25, 0.3) is 10.2 Å². The number of aromatic nitrogens is 1. The monoisotopic (exact) mass is 233 g/mol. The number of para-hydroxylation sites is 1. The number of nitrogens with zero attached hydrogens (tertiary/aromatic N) is 3. The van der Waals surface area contributed by atoms with E-state index in [4.69, 9.17) is 0 Å². The molecule has 0 aliphatic rings. The Hall–Kier alpha value is -1.75. The summed E-state index contributed by atoms with van der Waals surface area (Å²) in [6.45, 7) is 2.67. The normalized spacial score (nSPS) is 12.7. The van der Waals surface area contributed by atoms with Crippen molar-refractivity contribution < 1.29 is 0 Å². The van der Waals surface area contributed by atoms with E-state index in [1.807, 2.05) is 47.9 Å². The van der Waals surface area contributed by atoms with Gasteiger partial charge in [-0.1, -0.05) is 40.7 Å². The number of hydrogen-bond acceptors (Lipinski definition) is 3. The molecule has 0 spiro atoms. The molecule has 1 heterocycles. The SMILES string of the molecule is C/C=C/Cn1/c(=N/N=O)sc2ccccc21. The van der Waals surface area contributed by atoms with Crippen LogP contribution < -0.4 is 4.80 Å². The van der Waals surface area contributed by atoms with Crippen LogP contribution in [0.5, 0.6) is 0 Å². The van der Waals surface area contributed by atoms with Gasteiger partial charge in [-0.3, -0.25) is 0 Å². The Morgan fingerprint density at radius 1 is 1.44 bits per heavy atom. The van der Waals surface area contributed by atoms with Crippen molar-refractivity contribution in [3.63, 3.8) is 0 Å². The Bertz CT molecular complexity index is 595. The molecule has 5 heteroatoms. The van der Waals surface area contributed by atoms with Gasteiger partial charge in [0.05, 0.1) is 15.5 Å². The molecule has 0 radical (unpaired) electrons. The lowest BCUT2D eigenvalue weighted by Gasteiger charge is -1.99. The second kappa shape index (κ2) is 4.85. The van der Waals surface area contributed by atoms with Crippen LogP contribution in [0.1, 0.15) is 6.92 Å². The maximum Gasteiger partial charge on any atom is 0.215 e. The number of fused-ring (bicyclic) bond motifs is 1. The second-order valence-corrected chi connectivity index (χ2v) is 4.22. The number of rotatable bonds is 3. The Kier molecular flexibility index (Phi) is 3.26. The van der Waals surface area contributed by atoms with Gasteiger partial charge in [0.2, 0.25) is 4.80 Å². The van der Waals surface area contributed by atoms with Gasteiger partial charge < -0.3 is 4.57 Å². The smallest absolute Gasteiger partial charge is 0.215 e. The van der Waals surface area contributed by atoms with Crippen LogP contribution >= 0.6 is 11.3 Å². The lowest BCUT2D eigenvalue weighted by Crippen LogP contribution is -2.12. The van der Waals surface area contributed by atoms with Crippen LogP contribution in [-0.2, 0) is 6.54 Å². The molecule has 0 N–H and O–H groups in total. The van der Waals surface area contributed by atoms with Crippen LogP contribution in [-0.4, -0.2) is 4.57 Å². The zero-order valence-electron chi connectivity index (χ0n) is 8.83. The van der Waals surface area contributed by atoms with Gasteiger partial charge in [0.25, 0.3) is 0 Å². The van der Waals surface area contributed by atoms with Gasteiger partial charge in [-0.25, -0.2) is 0 Å². The minimum atomic E-state index is 0.634. The van der Waals surface area contributed by atoms with Crippen molar-refractivity contribution in [2.24, 2.45) is 10.4 Å². The van der Waals surface area contributed by atoms with E-state index in [1.165, 1.54) is 11.3 Å². The molecular formula is C11H11N3OS. The molecule has 0 atom stereocenters. The number of benzene rings is 1. The molecule has 1 aromatic carbocycles. The summed E-state index contributed by atoms with van der Waals surface area (Å²) in [6.07, 6.45) is 3.99.